The molecule has 0 saturated carbocycles. The molecular weight excluding hydrogens is 205 g/mol. The third-order valence-corrected chi connectivity index (χ3v) is 1.48. The number of ether oxygens (including phenoxy) is 1. The van der Waals surface area contributed by atoms with Gasteiger partial charge in [0.25, 0.3) is 0 Å². The molecule has 0 aliphatic heterocycles. The Bertz CT molecular complexity index is 204. The van der Waals surface area contributed by atoms with Crippen LogP contribution in [0.5, 0.6) is 0 Å². The van der Waals surface area contributed by atoms with Crippen molar-refractivity contribution in [3.8, 4) is 0 Å². The summed E-state index contributed by atoms with van der Waals surface area (Å²) < 4.78 is 40.0. The summed E-state index contributed by atoms with van der Waals surface area (Å²) in [5, 5.41) is 16.9. The van der Waals surface area contributed by atoms with Gasteiger partial charge in [0, 0.05) is 0 Å². The Morgan fingerprint density at radius 2 is 1.93 bits per heavy atom. The Morgan fingerprint density at radius 3 is 2.21 bits per heavy atom. The van der Waals surface area contributed by atoms with E-state index in [4.69, 9.17) is 10.2 Å². The highest BCUT2D eigenvalue weighted by Gasteiger charge is 2.62. The van der Waals surface area contributed by atoms with Crippen molar-refractivity contribution in [1.29, 1.82) is 0 Å². The molecule has 0 radical (unpaired) electrons. The van der Waals surface area contributed by atoms with Crippen molar-refractivity contribution in [2.24, 2.45) is 0 Å². The van der Waals surface area contributed by atoms with Crippen LogP contribution in [-0.2, 0) is 9.53 Å². The number of aliphatic hydroxyl groups is 1. The number of halogens is 3. The molecular formula is C7H11F3O4. The molecule has 2 N–H and O–H groups in total. The Kier molecular flexibility index (Phi) is 4.34. The fraction of sp³-hybridized carbons (Fsp3) is 0.857. The molecule has 84 valence electrons. The second-order valence-electron chi connectivity index (χ2n) is 2.65. The average Bonchev–Trinajstić information content (AvgIpc) is 2.02. The number of hydrogen-bond acceptors (Lipinski definition) is 3. The third-order valence-electron chi connectivity index (χ3n) is 1.48. The predicted molar refractivity (Wildman–Crippen MR) is 39.5 cm³/mol. The van der Waals surface area contributed by atoms with E-state index in [0.29, 0.717) is 6.42 Å². The van der Waals surface area contributed by atoms with Crippen LogP contribution in [0.1, 0.15) is 19.8 Å². The Hall–Kier alpha value is -0.820. The molecule has 0 fully saturated rings. The van der Waals surface area contributed by atoms with E-state index in [1.54, 1.807) is 6.92 Å². The van der Waals surface area contributed by atoms with Crippen LogP contribution >= 0.6 is 0 Å². The molecule has 0 amide bonds. The molecule has 0 spiro atoms. The van der Waals surface area contributed by atoms with Crippen molar-refractivity contribution in [3.63, 3.8) is 0 Å². The van der Waals surface area contributed by atoms with Crippen molar-refractivity contribution in [2.45, 2.75) is 31.7 Å². The Labute approximate surface area is 78.3 Å². The quantitative estimate of drug-likeness (QED) is 0.534. The van der Waals surface area contributed by atoms with Gasteiger partial charge in [0.15, 0.2) is 0 Å². The molecule has 7 heteroatoms. The third kappa shape index (κ3) is 2.85. The largest absolute Gasteiger partial charge is 0.477 e. The van der Waals surface area contributed by atoms with Gasteiger partial charge in [-0.1, -0.05) is 13.3 Å². The second kappa shape index (κ2) is 4.61. The first kappa shape index (κ1) is 13.2. The first-order valence-electron chi connectivity index (χ1n) is 3.92. The van der Waals surface area contributed by atoms with E-state index in [1.807, 2.05) is 0 Å². The average molecular weight is 216 g/mol. The maximum Gasteiger partial charge on any atom is 0.455 e. The first-order valence-corrected chi connectivity index (χ1v) is 3.92. The van der Waals surface area contributed by atoms with Crippen LogP contribution in [0.15, 0.2) is 0 Å². The number of carbonyl (C=O) groups is 1. The van der Waals surface area contributed by atoms with E-state index in [-0.39, 0.29) is 6.42 Å². The van der Waals surface area contributed by atoms with E-state index in [2.05, 4.69) is 4.74 Å². The van der Waals surface area contributed by atoms with Crippen LogP contribution in [0.4, 0.5) is 13.2 Å². The summed E-state index contributed by atoms with van der Waals surface area (Å²) in [6, 6.07) is 0. The molecule has 14 heavy (non-hydrogen) atoms. The lowest BCUT2D eigenvalue weighted by Crippen LogP contribution is -2.54. The molecule has 0 aromatic carbocycles. The zero-order valence-electron chi connectivity index (χ0n) is 7.47. The lowest BCUT2D eigenvalue weighted by Gasteiger charge is -2.25. The number of unbranched alkanes of at least 4 members (excludes halogenated alkanes) is 1. The summed E-state index contributed by atoms with van der Waals surface area (Å²) in [5.74, 6) is -6.55. The minimum absolute atomic E-state index is 0.242. The SMILES string of the molecule is CCCCOC(O)(C(=O)O)C(F)(F)F. The van der Waals surface area contributed by atoms with Gasteiger partial charge >= 0.3 is 17.9 Å². The first-order chi connectivity index (χ1) is 6.25. The van der Waals surface area contributed by atoms with Crippen LogP contribution in [-0.4, -0.2) is 34.8 Å². The van der Waals surface area contributed by atoms with Crippen LogP contribution in [0.3, 0.4) is 0 Å². The van der Waals surface area contributed by atoms with Crippen LogP contribution in [0, 0.1) is 0 Å². The summed E-state index contributed by atoms with van der Waals surface area (Å²) in [6.45, 7) is 1.23. The molecule has 1 atom stereocenters. The highest BCUT2D eigenvalue weighted by Crippen LogP contribution is 2.31. The molecule has 0 rings (SSSR count). The highest BCUT2D eigenvalue weighted by molar-refractivity contribution is 5.76. The van der Waals surface area contributed by atoms with Gasteiger partial charge in [0.2, 0.25) is 0 Å². The standard InChI is InChI=1S/C7H11F3O4/c1-2-3-4-14-6(13,5(11)12)7(8,9)10/h13H,2-4H2,1H3,(H,11,12). The lowest BCUT2D eigenvalue weighted by atomic mass is 10.2. The van der Waals surface area contributed by atoms with Crippen molar-refractivity contribution >= 4 is 5.97 Å². The summed E-state index contributed by atoms with van der Waals surface area (Å²) >= 11 is 0. The van der Waals surface area contributed by atoms with Crippen molar-refractivity contribution < 1.29 is 32.9 Å². The summed E-state index contributed by atoms with van der Waals surface area (Å²) in [6.07, 6.45) is -4.56. The zero-order chi connectivity index (χ0) is 11.4. The smallest absolute Gasteiger partial charge is 0.455 e. The molecule has 0 aliphatic carbocycles. The number of carboxylic acids is 1. The minimum atomic E-state index is -5.34. The fourth-order valence-corrected chi connectivity index (χ4v) is 0.629. The molecule has 0 aliphatic rings. The lowest BCUT2D eigenvalue weighted by molar-refractivity contribution is -0.351. The maximum absolute atomic E-state index is 12.0. The minimum Gasteiger partial charge on any atom is -0.477 e. The summed E-state index contributed by atoms with van der Waals surface area (Å²) in [7, 11) is 0. The van der Waals surface area contributed by atoms with Crippen LogP contribution < -0.4 is 0 Å². The Morgan fingerprint density at radius 1 is 1.43 bits per heavy atom. The summed E-state index contributed by atoms with van der Waals surface area (Å²) in [4.78, 5) is 10.2. The van der Waals surface area contributed by atoms with Gasteiger partial charge in [-0.15, -0.1) is 0 Å². The topological polar surface area (TPSA) is 66.8 Å². The van der Waals surface area contributed by atoms with Crippen LogP contribution in [0.2, 0.25) is 0 Å². The van der Waals surface area contributed by atoms with Crippen molar-refractivity contribution in [3.05, 3.63) is 0 Å². The molecule has 0 bridgehead atoms. The maximum atomic E-state index is 12.0. The van der Waals surface area contributed by atoms with E-state index >= 15 is 0 Å². The number of carboxylic acid groups (broad SMARTS) is 1. The molecule has 0 aromatic rings. The van der Waals surface area contributed by atoms with Crippen molar-refractivity contribution in [1.82, 2.24) is 0 Å². The monoisotopic (exact) mass is 216 g/mol. The van der Waals surface area contributed by atoms with Gasteiger partial charge in [-0.2, -0.15) is 13.2 Å². The number of hydrogen-bond donors (Lipinski definition) is 2. The van der Waals surface area contributed by atoms with Gasteiger partial charge in [-0.3, -0.25) is 0 Å². The Balaban J connectivity index is 4.50. The van der Waals surface area contributed by atoms with E-state index in [1.165, 1.54) is 0 Å². The molecule has 0 heterocycles. The van der Waals surface area contributed by atoms with E-state index in [0.717, 1.165) is 0 Å². The van der Waals surface area contributed by atoms with Crippen molar-refractivity contribution in [2.75, 3.05) is 6.61 Å². The van der Waals surface area contributed by atoms with Gasteiger partial charge in [-0.05, 0) is 6.42 Å². The second-order valence-corrected chi connectivity index (χ2v) is 2.65. The zero-order valence-corrected chi connectivity index (χ0v) is 7.47. The molecule has 1 unspecified atom stereocenters. The predicted octanol–water partition coefficient (Wildman–Crippen LogP) is 1.14. The van der Waals surface area contributed by atoms with Gasteiger partial charge < -0.3 is 14.9 Å². The number of rotatable bonds is 5. The van der Waals surface area contributed by atoms with Gasteiger partial charge in [-0.25, -0.2) is 4.79 Å². The van der Waals surface area contributed by atoms with Crippen LogP contribution in [0.25, 0.3) is 0 Å². The van der Waals surface area contributed by atoms with Gasteiger partial charge in [0.1, 0.15) is 0 Å². The van der Waals surface area contributed by atoms with E-state index in [9.17, 15) is 18.0 Å². The fourth-order valence-electron chi connectivity index (χ4n) is 0.629. The highest BCUT2D eigenvalue weighted by atomic mass is 19.4. The number of aliphatic carboxylic acids is 1. The molecule has 0 aromatic heterocycles. The van der Waals surface area contributed by atoms with Gasteiger partial charge in [0.05, 0.1) is 6.61 Å². The summed E-state index contributed by atoms with van der Waals surface area (Å²) in [5.41, 5.74) is 0. The number of alkyl halides is 3. The molecule has 4 nitrogen and oxygen atoms in total. The normalized spacial score (nSPS) is 16.4. The van der Waals surface area contributed by atoms with E-state index < -0.39 is 24.5 Å². The molecule has 0 saturated heterocycles.